The molecule has 0 aromatic heterocycles. The van der Waals surface area contributed by atoms with E-state index >= 15 is 0 Å². The molecule has 3 nitrogen and oxygen atoms in total. The number of hydrogen-bond acceptors (Lipinski definition) is 2. The van der Waals surface area contributed by atoms with E-state index in [1.54, 1.807) is 0 Å². The zero-order valence-corrected chi connectivity index (χ0v) is 4.98. The summed E-state index contributed by atoms with van der Waals surface area (Å²) in [6.07, 6.45) is 1.77. The summed E-state index contributed by atoms with van der Waals surface area (Å²) >= 11 is 0. The van der Waals surface area contributed by atoms with Gasteiger partial charge in [0.1, 0.15) is 0 Å². The number of carbonyl (C=O) groups is 1. The minimum Gasteiger partial charge on any atom is -0.404 e. The van der Waals surface area contributed by atoms with Crippen LogP contribution in [0.15, 0.2) is 24.0 Å². The van der Waals surface area contributed by atoms with Gasteiger partial charge >= 0.3 is 0 Å². The average molecular weight is 124 g/mol. The van der Waals surface area contributed by atoms with Crippen molar-refractivity contribution in [1.82, 2.24) is 5.32 Å². The van der Waals surface area contributed by atoms with E-state index in [0.717, 1.165) is 5.57 Å². The molecule has 0 aliphatic carbocycles. The largest absolute Gasteiger partial charge is 0.404 e. The van der Waals surface area contributed by atoms with Gasteiger partial charge in [-0.05, 0) is 11.8 Å². The van der Waals surface area contributed by atoms with Crippen molar-refractivity contribution in [1.29, 1.82) is 0 Å². The Bertz CT molecular complexity index is 193. The fourth-order valence-electron chi connectivity index (χ4n) is 0.732. The minimum atomic E-state index is -0.0308. The lowest BCUT2D eigenvalue weighted by molar-refractivity contribution is -0.118. The number of allylic oxidation sites excluding steroid dienone is 1. The van der Waals surface area contributed by atoms with Gasteiger partial charge in [0.2, 0.25) is 5.91 Å². The van der Waals surface area contributed by atoms with Crippen molar-refractivity contribution in [2.75, 3.05) is 0 Å². The number of nitrogens with two attached hydrogens (primary N) is 1. The van der Waals surface area contributed by atoms with Gasteiger partial charge in [-0.15, -0.1) is 0 Å². The Morgan fingerprint density at radius 2 is 2.44 bits per heavy atom. The van der Waals surface area contributed by atoms with E-state index in [1.807, 2.05) is 0 Å². The molecule has 0 unspecified atom stereocenters. The lowest BCUT2D eigenvalue weighted by Gasteiger charge is -1.91. The Labute approximate surface area is 53.2 Å². The molecule has 0 radical (unpaired) electrons. The quantitative estimate of drug-likeness (QED) is 0.472. The molecule has 3 N–H and O–H groups in total. The molecule has 1 fully saturated rings. The van der Waals surface area contributed by atoms with Crippen LogP contribution in [-0.2, 0) is 4.79 Å². The Morgan fingerprint density at radius 1 is 1.78 bits per heavy atom. The van der Waals surface area contributed by atoms with E-state index in [1.165, 1.54) is 6.20 Å². The zero-order valence-electron chi connectivity index (χ0n) is 4.98. The highest BCUT2D eigenvalue weighted by atomic mass is 16.1. The van der Waals surface area contributed by atoms with Crippen LogP contribution in [0.3, 0.4) is 0 Å². The second kappa shape index (κ2) is 1.93. The fourth-order valence-corrected chi connectivity index (χ4v) is 0.732. The average Bonchev–Trinajstić information content (AvgIpc) is 2.10. The van der Waals surface area contributed by atoms with Gasteiger partial charge in [-0.2, -0.15) is 0 Å². The Balaban J connectivity index is 2.81. The Morgan fingerprint density at radius 3 is 2.67 bits per heavy atom. The van der Waals surface area contributed by atoms with Crippen molar-refractivity contribution >= 4 is 5.91 Å². The van der Waals surface area contributed by atoms with Crippen molar-refractivity contribution in [3.8, 4) is 0 Å². The molecule has 48 valence electrons. The van der Waals surface area contributed by atoms with Crippen molar-refractivity contribution in [3.05, 3.63) is 24.0 Å². The van der Waals surface area contributed by atoms with Gasteiger partial charge in [-0.1, -0.05) is 6.58 Å². The van der Waals surface area contributed by atoms with Crippen molar-refractivity contribution in [2.45, 2.75) is 6.42 Å². The summed E-state index contributed by atoms with van der Waals surface area (Å²) in [5.41, 5.74) is 6.59. The maximum absolute atomic E-state index is 10.6. The third-order valence-corrected chi connectivity index (χ3v) is 1.23. The number of rotatable bonds is 0. The van der Waals surface area contributed by atoms with Crippen LogP contribution in [0.5, 0.6) is 0 Å². The molecule has 0 aromatic carbocycles. The van der Waals surface area contributed by atoms with Crippen LogP contribution in [0.25, 0.3) is 0 Å². The molecule has 9 heavy (non-hydrogen) atoms. The Kier molecular flexibility index (Phi) is 1.26. The van der Waals surface area contributed by atoms with Crippen LogP contribution in [-0.4, -0.2) is 5.91 Å². The molecule has 1 heterocycles. The van der Waals surface area contributed by atoms with Crippen LogP contribution in [0.2, 0.25) is 0 Å². The summed E-state index contributed by atoms with van der Waals surface area (Å²) in [6.45, 7) is 3.58. The van der Waals surface area contributed by atoms with Gasteiger partial charge in [0.05, 0.1) is 6.42 Å². The molecule has 0 aromatic rings. The summed E-state index contributed by atoms with van der Waals surface area (Å²) in [6, 6.07) is 0. The normalized spacial score (nSPS) is 22.9. The fraction of sp³-hybridized carbons (Fsp3) is 0.167. The number of nitrogens with one attached hydrogen (secondary N) is 1. The monoisotopic (exact) mass is 124 g/mol. The number of amides is 1. The molecular formula is C6H8N2O. The minimum absolute atomic E-state index is 0.0308. The molecule has 1 aliphatic rings. The lowest BCUT2D eigenvalue weighted by Crippen LogP contribution is -2.10. The third kappa shape index (κ3) is 0.937. The standard InChI is InChI=1S/C6H8N2O/c1-4-5(3-7)2-6(9)8-4/h3H,1-2,7H2,(H,8,9)/b5-3-. The molecule has 0 spiro atoms. The van der Waals surface area contributed by atoms with E-state index in [2.05, 4.69) is 11.9 Å². The van der Waals surface area contributed by atoms with Gasteiger partial charge in [0.25, 0.3) is 0 Å². The van der Waals surface area contributed by atoms with Gasteiger partial charge < -0.3 is 11.1 Å². The molecular weight excluding hydrogens is 116 g/mol. The predicted molar refractivity (Wildman–Crippen MR) is 34.2 cm³/mol. The van der Waals surface area contributed by atoms with Crippen LogP contribution in [0.1, 0.15) is 6.42 Å². The van der Waals surface area contributed by atoms with E-state index in [0.29, 0.717) is 12.1 Å². The second-order valence-electron chi connectivity index (χ2n) is 1.90. The first kappa shape index (κ1) is 5.88. The van der Waals surface area contributed by atoms with E-state index in [-0.39, 0.29) is 5.91 Å². The van der Waals surface area contributed by atoms with E-state index in [9.17, 15) is 4.79 Å². The van der Waals surface area contributed by atoms with E-state index in [4.69, 9.17) is 5.73 Å². The van der Waals surface area contributed by atoms with Crippen LogP contribution in [0, 0.1) is 0 Å². The number of hydrogen-bond donors (Lipinski definition) is 2. The predicted octanol–water partition coefficient (Wildman–Crippen LogP) is -0.137. The van der Waals surface area contributed by atoms with Crippen molar-refractivity contribution < 1.29 is 4.79 Å². The van der Waals surface area contributed by atoms with Gasteiger partial charge in [-0.25, -0.2) is 0 Å². The van der Waals surface area contributed by atoms with Crippen molar-refractivity contribution in [3.63, 3.8) is 0 Å². The summed E-state index contributed by atoms with van der Waals surface area (Å²) < 4.78 is 0. The molecule has 3 heteroatoms. The topological polar surface area (TPSA) is 55.1 Å². The first-order chi connectivity index (χ1) is 4.24. The smallest absolute Gasteiger partial charge is 0.228 e. The molecule has 1 rings (SSSR count). The van der Waals surface area contributed by atoms with E-state index < -0.39 is 0 Å². The maximum atomic E-state index is 10.6. The molecule has 0 atom stereocenters. The van der Waals surface area contributed by atoms with Crippen LogP contribution in [0.4, 0.5) is 0 Å². The summed E-state index contributed by atoms with van der Waals surface area (Å²) in [5.74, 6) is -0.0308. The second-order valence-corrected chi connectivity index (χ2v) is 1.90. The first-order valence-corrected chi connectivity index (χ1v) is 2.64. The SMILES string of the molecule is C=C1NC(=O)C/C1=C/N. The van der Waals surface area contributed by atoms with Gasteiger partial charge in [-0.3, -0.25) is 4.79 Å². The van der Waals surface area contributed by atoms with Gasteiger partial charge in [0.15, 0.2) is 0 Å². The zero-order chi connectivity index (χ0) is 6.85. The summed E-state index contributed by atoms with van der Waals surface area (Å²) in [4.78, 5) is 10.6. The third-order valence-electron chi connectivity index (χ3n) is 1.23. The molecule has 0 saturated carbocycles. The highest BCUT2D eigenvalue weighted by Crippen LogP contribution is 2.14. The Hall–Kier alpha value is -1.25. The van der Waals surface area contributed by atoms with Crippen LogP contribution >= 0.6 is 0 Å². The summed E-state index contributed by atoms with van der Waals surface area (Å²) in [7, 11) is 0. The molecule has 1 amide bonds. The molecule has 0 bridgehead atoms. The maximum Gasteiger partial charge on any atom is 0.228 e. The van der Waals surface area contributed by atoms with Gasteiger partial charge in [0, 0.05) is 5.70 Å². The van der Waals surface area contributed by atoms with Crippen LogP contribution < -0.4 is 11.1 Å². The highest BCUT2D eigenvalue weighted by molar-refractivity contribution is 5.86. The summed E-state index contributed by atoms with van der Waals surface area (Å²) in [5, 5.41) is 2.54. The number of carbonyl (C=O) groups excluding carboxylic acids is 1. The molecule has 1 saturated heterocycles. The van der Waals surface area contributed by atoms with Crippen molar-refractivity contribution in [2.24, 2.45) is 5.73 Å². The lowest BCUT2D eigenvalue weighted by atomic mass is 10.2. The highest BCUT2D eigenvalue weighted by Gasteiger charge is 2.17. The molecule has 1 aliphatic heterocycles. The first-order valence-electron chi connectivity index (χ1n) is 2.64.